The summed E-state index contributed by atoms with van der Waals surface area (Å²) in [6.45, 7) is 4.86. The van der Waals surface area contributed by atoms with Crippen LogP contribution >= 0.6 is 11.3 Å². The van der Waals surface area contributed by atoms with Gasteiger partial charge in [-0.1, -0.05) is 0 Å². The van der Waals surface area contributed by atoms with Gasteiger partial charge in [0, 0.05) is 24.9 Å². The van der Waals surface area contributed by atoms with Crippen molar-refractivity contribution >= 4 is 21.2 Å². The molecule has 0 saturated carbocycles. The zero-order chi connectivity index (χ0) is 14.6. The van der Waals surface area contributed by atoms with Crippen LogP contribution in [0.5, 0.6) is 0 Å². The lowest BCUT2D eigenvalue weighted by Crippen LogP contribution is -2.44. The van der Waals surface area contributed by atoms with E-state index in [1.54, 1.807) is 11.3 Å². The van der Waals surface area contributed by atoms with Crippen LogP contribution in [0.3, 0.4) is 0 Å². The third kappa shape index (κ3) is 5.16. The Hall–Kier alpha value is -0.430. The van der Waals surface area contributed by atoms with Crippen molar-refractivity contribution in [1.29, 1.82) is 0 Å². The van der Waals surface area contributed by atoms with E-state index < -0.39 is 9.84 Å². The Kier molecular flexibility index (Phi) is 5.60. The average molecular weight is 316 g/mol. The molecular formula is C14H24N2O2S2. The first kappa shape index (κ1) is 15.9. The molecule has 1 fully saturated rings. The molecule has 0 amide bonds. The molecule has 0 radical (unpaired) electrons. The third-order valence-electron chi connectivity index (χ3n) is 3.89. The van der Waals surface area contributed by atoms with Gasteiger partial charge in [0.15, 0.2) is 0 Å². The van der Waals surface area contributed by atoms with E-state index in [-0.39, 0.29) is 5.75 Å². The highest BCUT2D eigenvalue weighted by Crippen LogP contribution is 2.19. The molecule has 114 valence electrons. The van der Waals surface area contributed by atoms with E-state index in [0.717, 1.165) is 25.9 Å². The summed E-state index contributed by atoms with van der Waals surface area (Å²) >= 11 is 1.73. The van der Waals surface area contributed by atoms with Gasteiger partial charge < -0.3 is 10.2 Å². The molecule has 0 aliphatic carbocycles. The summed E-state index contributed by atoms with van der Waals surface area (Å²) in [7, 11) is -2.84. The second-order valence-corrected chi connectivity index (χ2v) is 8.73. The first-order valence-corrected chi connectivity index (χ1v) is 10.1. The summed E-state index contributed by atoms with van der Waals surface area (Å²) in [4.78, 5) is 2.26. The highest BCUT2D eigenvalue weighted by molar-refractivity contribution is 7.90. The molecule has 1 aliphatic heterocycles. The Morgan fingerprint density at radius 1 is 1.45 bits per heavy atom. The average Bonchev–Trinajstić information content (AvgIpc) is 2.91. The molecular weight excluding hydrogens is 292 g/mol. The van der Waals surface area contributed by atoms with Crippen molar-refractivity contribution < 1.29 is 8.42 Å². The van der Waals surface area contributed by atoms with Gasteiger partial charge >= 0.3 is 0 Å². The standard InChI is InChI=1S/C14H24N2O2S2/c1-12(13-5-9-19-11-13)15-14-3-6-16(7-4-14)8-10-20(2,17)18/h5,9,11-12,14-15H,3-4,6-8,10H2,1-2H3. The summed E-state index contributed by atoms with van der Waals surface area (Å²) in [5, 5.41) is 7.98. The van der Waals surface area contributed by atoms with E-state index in [1.807, 2.05) is 0 Å². The van der Waals surface area contributed by atoms with Gasteiger partial charge in [-0.3, -0.25) is 0 Å². The van der Waals surface area contributed by atoms with Crippen molar-refractivity contribution in [2.24, 2.45) is 0 Å². The SMILES string of the molecule is CC(NC1CCN(CCS(C)(=O)=O)CC1)c1ccsc1. The van der Waals surface area contributed by atoms with E-state index in [1.165, 1.54) is 11.8 Å². The summed E-state index contributed by atoms with van der Waals surface area (Å²) in [6, 6.07) is 3.11. The topological polar surface area (TPSA) is 49.4 Å². The van der Waals surface area contributed by atoms with Gasteiger partial charge in [-0.05, 0) is 55.2 Å². The molecule has 20 heavy (non-hydrogen) atoms. The van der Waals surface area contributed by atoms with Crippen LogP contribution in [0.15, 0.2) is 16.8 Å². The van der Waals surface area contributed by atoms with E-state index in [4.69, 9.17) is 0 Å². The minimum atomic E-state index is -2.84. The lowest BCUT2D eigenvalue weighted by molar-refractivity contribution is 0.201. The predicted octanol–water partition coefficient (Wildman–Crippen LogP) is 1.91. The molecule has 0 bridgehead atoms. The number of likely N-dealkylation sites (tertiary alicyclic amines) is 1. The van der Waals surface area contributed by atoms with Crippen molar-refractivity contribution in [2.75, 3.05) is 31.6 Å². The van der Waals surface area contributed by atoms with Gasteiger partial charge in [0.2, 0.25) is 0 Å². The molecule has 1 atom stereocenters. The summed E-state index contributed by atoms with van der Waals surface area (Å²) in [5.41, 5.74) is 1.36. The normalized spacial score (nSPS) is 20.1. The quantitative estimate of drug-likeness (QED) is 0.871. The number of rotatable bonds is 6. The minimum Gasteiger partial charge on any atom is -0.307 e. The lowest BCUT2D eigenvalue weighted by Gasteiger charge is -2.33. The Morgan fingerprint density at radius 3 is 2.70 bits per heavy atom. The summed E-state index contributed by atoms with van der Waals surface area (Å²) in [5.74, 6) is 0.274. The maximum Gasteiger partial charge on any atom is 0.148 e. The Labute approximate surface area is 126 Å². The van der Waals surface area contributed by atoms with E-state index in [0.29, 0.717) is 18.6 Å². The molecule has 2 heterocycles. The molecule has 1 unspecified atom stereocenters. The van der Waals surface area contributed by atoms with Crippen LogP contribution in [-0.4, -0.2) is 51.0 Å². The lowest BCUT2D eigenvalue weighted by atomic mass is 10.0. The highest BCUT2D eigenvalue weighted by atomic mass is 32.2. The van der Waals surface area contributed by atoms with E-state index >= 15 is 0 Å². The van der Waals surface area contributed by atoms with Gasteiger partial charge in [0.25, 0.3) is 0 Å². The van der Waals surface area contributed by atoms with Crippen molar-refractivity contribution in [3.63, 3.8) is 0 Å². The molecule has 0 spiro atoms. The Morgan fingerprint density at radius 2 is 2.15 bits per heavy atom. The Bertz CT molecular complexity index is 491. The number of piperidine rings is 1. The molecule has 1 N–H and O–H groups in total. The maximum absolute atomic E-state index is 11.2. The molecule has 1 aromatic heterocycles. The fraction of sp³-hybridized carbons (Fsp3) is 0.714. The van der Waals surface area contributed by atoms with Gasteiger partial charge in [-0.15, -0.1) is 0 Å². The smallest absolute Gasteiger partial charge is 0.148 e. The van der Waals surface area contributed by atoms with Crippen LogP contribution in [0.2, 0.25) is 0 Å². The molecule has 2 rings (SSSR count). The van der Waals surface area contributed by atoms with Crippen LogP contribution in [0.1, 0.15) is 31.4 Å². The van der Waals surface area contributed by atoms with Crippen LogP contribution in [0.25, 0.3) is 0 Å². The third-order valence-corrected chi connectivity index (χ3v) is 5.52. The highest BCUT2D eigenvalue weighted by Gasteiger charge is 2.21. The van der Waals surface area contributed by atoms with Gasteiger partial charge in [0.05, 0.1) is 5.75 Å². The van der Waals surface area contributed by atoms with E-state index in [9.17, 15) is 8.42 Å². The monoisotopic (exact) mass is 316 g/mol. The molecule has 1 saturated heterocycles. The van der Waals surface area contributed by atoms with Gasteiger partial charge in [-0.2, -0.15) is 11.3 Å². The first-order valence-electron chi connectivity index (χ1n) is 7.12. The number of nitrogens with one attached hydrogen (secondary N) is 1. The predicted molar refractivity (Wildman–Crippen MR) is 85.0 cm³/mol. The molecule has 1 aromatic rings. The number of hydrogen-bond acceptors (Lipinski definition) is 5. The number of hydrogen-bond donors (Lipinski definition) is 1. The molecule has 6 heteroatoms. The first-order chi connectivity index (χ1) is 9.44. The zero-order valence-electron chi connectivity index (χ0n) is 12.2. The van der Waals surface area contributed by atoms with Crippen molar-refractivity contribution in [1.82, 2.24) is 10.2 Å². The second kappa shape index (κ2) is 7.02. The molecule has 0 aromatic carbocycles. The van der Waals surface area contributed by atoms with Crippen molar-refractivity contribution in [3.8, 4) is 0 Å². The Balaban J connectivity index is 1.71. The summed E-state index contributed by atoms with van der Waals surface area (Å²) in [6.07, 6.45) is 3.50. The largest absolute Gasteiger partial charge is 0.307 e. The molecule has 1 aliphatic rings. The van der Waals surface area contributed by atoms with Crippen LogP contribution in [-0.2, 0) is 9.84 Å². The van der Waals surface area contributed by atoms with Gasteiger partial charge in [0.1, 0.15) is 9.84 Å². The number of thiophene rings is 1. The van der Waals surface area contributed by atoms with E-state index in [2.05, 4.69) is 34.0 Å². The number of sulfone groups is 1. The molecule has 4 nitrogen and oxygen atoms in total. The van der Waals surface area contributed by atoms with Crippen LogP contribution in [0, 0.1) is 0 Å². The van der Waals surface area contributed by atoms with Crippen molar-refractivity contribution in [2.45, 2.75) is 31.8 Å². The minimum absolute atomic E-state index is 0.274. The van der Waals surface area contributed by atoms with Crippen LogP contribution in [0.4, 0.5) is 0 Å². The summed E-state index contributed by atoms with van der Waals surface area (Å²) < 4.78 is 22.4. The van der Waals surface area contributed by atoms with Crippen molar-refractivity contribution in [3.05, 3.63) is 22.4 Å². The fourth-order valence-corrected chi connectivity index (χ4v) is 3.93. The fourth-order valence-electron chi connectivity index (χ4n) is 2.59. The second-order valence-electron chi connectivity index (χ2n) is 5.69. The van der Waals surface area contributed by atoms with Crippen LogP contribution < -0.4 is 5.32 Å². The number of nitrogens with zero attached hydrogens (tertiary/aromatic N) is 1. The zero-order valence-corrected chi connectivity index (χ0v) is 13.8. The maximum atomic E-state index is 11.2. The van der Waals surface area contributed by atoms with Gasteiger partial charge in [-0.25, -0.2) is 8.42 Å².